The number of nitrogens with one attached hydrogen (secondary N) is 1. The van der Waals surface area contributed by atoms with Gasteiger partial charge in [-0.05, 0) is 57.2 Å². The highest BCUT2D eigenvalue weighted by Gasteiger charge is 2.29. The van der Waals surface area contributed by atoms with Crippen LogP contribution < -0.4 is 9.64 Å². The van der Waals surface area contributed by atoms with E-state index in [4.69, 9.17) is 4.74 Å². The summed E-state index contributed by atoms with van der Waals surface area (Å²) in [7, 11) is -2.27. The van der Waals surface area contributed by atoms with Crippen LogP contribution in [0.2, 0.25) is 0 Å². The van der Waals surface area contributed by atoms with Crippen LogP contribution in [0.15, 0.2) is 52.4 Å². The maximum absolute atomic E-state index is 13.8. The summed E-state index contributed by atoms with van der Waals surface area (Å²) in [5.74, 6) is 0.156. The molecule has 0 aliphatic carbocycles. The predicted molar refractivity (Wildman–Crippen MR) is 120 cm³/mol. The van der Waals surface area contributed by atoms with Crippen molar-refractivity contribution in [2.75, 3.05) is 38.2 Å². The molecule has 1 saturated heterocycles. The van der Waals surface area contributed by atoms with Crippen molar-refractivity contribution in [1.29, 1.82) is 0 Å². The molecule has 31 heavy (non-hydrogen) atoms. The van der Waals surface area contributed by atoms with Crippen molar-refractivity contribution >= 4 is 26.4 Å². The zero-order valence-electron chi connectivity index (χ0n) is 18.3. The zero-order valence-corrected chi connectivity index (χ0v) is 19.1. The molecule has 0 unspecified atom stereocenters. The molecule has 4 rings (SSSR count). The van der Waals surface area contributed by atoms with Gasteiger partial charge in [-0.3, -0.25) is 4.90 Å². The number of rotatable bonds is 4. The van der Waals surface area contributed by atoms with E-state index in [-0.39, 0.29) is 15.3 Å². The molecule has 1 aliphatic heterocycles. The first kappa shape index (κ1) is 21.6. The molecule has 2 heterocycles. The Morgan fingerprint density at radius 3 is 2.39 bits per heavy atom. The van der Waals surface area contributed by atoms with Crippen LogP contribution >= 0.6 is 0 Å². The van der Waals surface area contributed by atoms with E-state index < -0.39 is 15.7 Å². The number of fused-ring (bicyclic) bond motifs is 1. The molecule has 6 nitrogen and oxygen atoms in total. The molecule has 0 bridgehead atoms. The van der Waals surface area contributed by atoms with Gasteiger partial charge in [-0.2, -0.15) is 0 Å². The van der Waals surface area contributed by atoms with Gasteiger partial charge in [0, 0.05) is 48.8 Å². The van der Waals surface area contributed by atoms with Crippen LogP contribution in [0.4, 0.5) is 10.1 Å². The fourth-order valence-electron chi connectivity index (χ4n) is 4.12. The van der Waals surface area contributed by atoms with Crippen molar-refractivity contribution in [2.24, 2.45) is 0 Å². The van der Waals surface area contributed by atoms with Crippen LogP contribution in [-0.4, -0.2) is 57.1 Å². The highest BCUT2D eigenvalue weighted by atomic mass is 32.2. The molecule has 0 radical (unpaired) electrons. The number of piperazine rings is 1. The quantitative estimate of drug-likeness (QED) is 0.656. The third-order valence-corrected chi connectivity index (χ3v) is 7.72. The molecule has 1 aliphatic rings. The lowest BCUT2D eigenvalue weighted by Gasteiger charge is -2.43. The first-order valence-electron chi connectivity index (χ1n) is 10.3. The van der Waals surface area contributed by atoms with E-state index in [9.17, 15) is 12.8 Å². The van der Waals surface area contributed by atoms with Crippen LogP contribution in [0.5, 0.6) is 5.75 Å². The van der Waals surface area contributed by atoms with Crippen LogP contribution in [0, 0.1) is 5.82 Å². The SMILES string of the molecule is COc1ccc(S(=O)(=O)c2c[nH]c3ccc(F)cc23)cc1N1CCN(C(C)(C)C)CC1. The number of hydrogen-bond acceptors (Lipinski definition) is 5. The number of anilines is 1. The number of hydrogen-bond donors (Lipinski definition) is 1. The van der Waals surface area contributed by atoms with E-state index in [0.29, 0.717) is 16.7 Å². The van der Waals surface area contributed by atoms with E-state index in [2.05, 4.69) is 35.6 Å². The van der Waals surface area contributed by atoms with E-state index in [0.717, 1.165) is 31.9 Å². The molecular weight excluding hydrogens is 417 g/mol. The number of sulfone groups is 1. The van der Waals surface area contributed by atoms with Crippen molar-refractivity contribution in [3.8, 4) is 5.75 Å². The third-order valence-electron chi connectivity index (χ3n) is 5.93. The summed E-state index contributed by atoms with van der Waals surface area (Å²) < 4.78 is 46.2. The van der Waals surface area contributed by atoms with Crippen molar-refractivity contribution in [3.05, 3.63) is 48.4 Å². The topological polar surface area (TPSA) is 65.6 Å². The van der Waals surface area contributed by atoms with Crippen LogP contribution in [0.25, 0.3) is 10.9 Å². The van der Waals surface area contributed by atoms with Crippen LogP contribution in [0.3, 0.4) is 0 Å². The molecule has 0 atom stereocenters. The van der Waals surface area contributed by atoms with Gasteiger partial charge in [0.05, 0.1) is 22.6 Å². The largest absolute Gasteiger partial charge is 0.495 e. The van der Waals surface area contributed by atoms with Gasteiger partial charge in [0.2, 0.25) is 9.84 Å². The summed E-state index contributed by atoms with van der Waals surface area (Å²) in [6, 6.07) is 8.98. The van der Waals surface area contributed by atoms with Crippen LogP contribution in [-0.2, 0) is 9.84 Å². The summed E-state index contributed by atoms with van der Waals surface area (Å²) in [6.07, 6.45) is 1.42. The number of ether oxygens (including phenoxy) is 1. The number of nitrogens with zero attached hydrogens (tertiary/aromatic N) is 2. The maximum Gasteiger partial charge on any atom is 0.208 e. The Kier molecular flexibility index (Phi) is 5.47. The predicted octanol–water partition coefficient (Wildman–Crippen LogP) is 4.07. The van der Waals surface area contributed by atoms with Crippen LogP contribution in [0.1, 0.15) is 20.8 Å². The van der Waals surface area contributed by atoms with Gasteiger partial charge in [-0.15, -0.1) is 0 Å². The first-order chi connectivity index (χ1) is 14.6. The molecule has 3 aromatic rings. The molecule has 1 N–H and O–H groups in total. The standard InChI is InChI=1S/C23H28FN3O3S/c1-23(2,3)27-11-9-26(10-12-27)20-14-17(6-8-21(20)30-4)31(28,29)22-15-25-19-7-5-16(24)13-18(19)22/h5-8,13-15,25H,9-12H2,1-4H3. The molecule has 1 aromatic heterocycles. The number of H-pyrrole nitrogens is 1. The van der Waals surface area contributed by atoms with E-state index in [1.54, 1.807) is 25.3 Å². The molecule has 0 amide bonds. The zero-order chi connectivity index (χ0) is 22.4. The summed E-state index contributed by atoms with van der Waals surface area (Å²) in [4.78, 5) is 7.72. The van der Waals surface area contributed by atoms with E-state index in [1.165, 1.54) is 24.4 Å². The fraction of sp³-hybridized carbons (Fsp3) is 0.391. The van der Waals surface area contributed by atoms with Crippen molar-refractivity contribution in [3.63, 3.8) is 0 Å². The summed E-state index contributed by atoms with van der Waals surface area (Å²) in [6.45, 7) is 9.89. The summed E-state index contributed by atoms with van der Waals surface area (Å²) in [5, 5.41) is 0.344. The second kappa shape index (κ2) is 7.84. The van der Waals surface area contributed by atoms with E-state index in [1.807, 2.05) is 0 Å². The minimum Gasteiger partial charge on any atom is -0.495 e. The number of aromatic amines is 1. The highest BCUT2D eigenvalue weighted by Crippen LogP contribution is 2.36. The number of benzene rings is 2. The minimum atomic E-state index is -3.85. The van der Waals surface area contributed by atoms with Gasteiger partial charge in [-0.1, -0.05) is 0 Å². The fourth-order valence-corrected chi connectivity index (χ4v) is 5.56. The molecular formula is C23H28FN3O3S. The Balaban J connectivity index is 1.71. The van der Waals surface area contributed by atoms with Crippen molar-refractivity contribution in [2.45, 2.75) is 36.1 Å². The summed E-state index contributed by atoms with van der Waals surface area (Å²) in [5.41, 5.74) is 1.42. The molecule has 0 spiro atoms. The van der Waals surface area contributed by atoms with Crippen molar-refractivity contribution in [1.82, 2.24) is 9.88 Å². The lowest BCUT2D eigenvalue weighted by atomic mass is 10.0. The normalized spacial score (nSPS) is 16.1. The number of halogens is 1. The van der Waals surface area contributed by atoms with Gasteiger partial charge >= 0.3 is 0 Å². The van der Waals surface area contributed by atoms with Gasteiger partial charge in [0.25, 0.3) is 0 Å². The number of methoxy groups -OCH3 is 1. The smallest absolute Gasteiger partial charge is 0.208 e. The van der Waals surface area contributed by atoms with E-state index >= 15 is 0 Å². The molecule has 1 fully saturated rings. The average molecular weight is 446 g/mol. The second-order valence-corrected chi connectivity index (χ2v) is 10.7. The molecule has 2 aromatic carbocycles. The Labute approximate surface area is 182 Å². The number of aromatic nitrogens is 1. The minimum absolute atomic E-state index is 0.0654. The average Bonchev–Trinajstić information content (AvgIpc) is 3.16. The summed E-state index contributed by atoms with van der Waals surface area (Å²) >= 11 is 0. The Bertz CT molecular complexity index is 1210. The highest BCUT2D eigenvalue weighted by molar-refractivity contribution is 7.91. The first-order valence-corrected chi connectivity index (χ1v) is 11.8. The second-order valence-electron chi connectivity index (χ2n) is 8.82. The Morgan fingerprint density at radius 2 is 1.74 bits per heavy atom. The van der Waals surface area contributed by atoms with Gasteiger partial charge in [-0.25, -0.2) is 12.8 Å². The lowest BCUT2D eigenvalue weighted by molar-refractivity contribution is 0.128. The molecule has 0 saturated carbocycles. The van der Waals surface area contributed by atoms with Gasteiger partial charge < -0.3 is 14.6 Å². The van der Waals surface area contributed by atoms with Crippen molar-refractivity contribution < 1.29 is 17.5 Å². The lowest BCUT2D eigenvalue weighted by Crippen LogP contribution is -2.53. The maximum atomic E-state index is 13.8. The molecule has 166 valence electrons. The monoisotopic (exact) mass is 445 g/mol. The van der Waals surface area contributed by atoms with Gasteiger partial charge in [0.1, 0.15) is 11.6 Å². The Morgan fingerprint density at radius 1 is 1.03 bits per heavy atom. The molecule has 8 heteroatoms. The Hall–Kier alpha value is -2.58. The van der Waals surface area contributed by atoms with Gasteiger partial charge in [0.15, 0.2) is 0 Å². The third kappa shape index (κ3) is 4.02.